The third kappa shape index (κ3) is 1.73. The molecule has 0 radical (unpaired) electrons. The fourth-order valence-electron chi connectivity index (χ4n) is 1.49. The summed E-state index contributed by atoms with van der Waals surface area (Å²) in [4.78, 5) is 0. The van der Waals surface area contributed by atoms with Crippen molar-refractivity contribution in [3.8, 4) is 0 Å². The molecule has 0 aliphatic carbocycles. The Labute approximate surface area is 80.3 Å². The predicted octanol–water partition coefficient (Wildman–Crippen LogP) is 1.63. The van der Waals surface area contributed by atoms with E-state index in [1.807, 2.05) is 27.7 Å². The fraction of sp³-hybridized carbons (Fsp3) is 0.778. The molecular formula is C9H17NO2S. The average molecular weight is 203 g/mol. The van der Waals surface area contributed by atoms with E-state index < -0.39 is 10.0 Å². The summed E-state index contributed by atoms with van der Waals surface area (Å²) in [5.41, 5.74) is 1.66. The minimum absolute atomic E-state index is 0.123. The molecule has 1 heterocycles. The molecule has 13 heavy (non-hydrogen) atoms. The normalized spacial score (nSPS) is 27.6. The van der Waals surface area contributed by atoms with Gasteiger partial charge in [-0.2, -0.15) is 0 Å². The summed E-state index contributed by atoms with van der Waals surface area (Å²) in [5, 5.41) is -0.387. The molecule has 0 saturated carbocycles. The van der Waals surface area contributed by atoms with Crippen LogP contribution in [0.3, 0.4) is 0 Å². The third-order valence-electron chi connectivity index (χ3n) is 2.46. The van der Waals surface area contributed by atoms with Crippen LogP contribution in [0.15, 0.2) is 11.3 Å². The van der Waals surface area contributed by atoms with Gasteiger partial charge in [-0.1, -0.05) is 20.8 Å². The van der Waals surface area contributed by atoms with Gasteiger partial charge in [0.15, 0.2) is 0 Å². The van der Waals surface area contributed by atoms with Crippen LogP contribution in [-0.4, -0.2) is 13.7 Å². The van der Waals surface area contributed by atoms with Gasteiger partial charge in [0.25, 0.3) is 0 Å². The lowest BCUT2D eigenvalue weighted by Crippen LogP contribution is -2.27. The van der Waals surface area contributed by atoms with Crippen molar-refractivity contribution in [3.63, 3.8) is 0 Å². The van der Waals surface area contributed by atoms with Crippen molar-refractivity contribution in [1.29, 1.82) is 0 Å². The van der Waals surface area contributed by atoms with E-state index in [4.69, 9.17) is 0 Å². The number of hydrogen-bond donors (Lipinski definition) is 1. The Hall–Kier alpha value is -0.510. The van der Waals surface area contributed by atoms with E-state index in [0.717, 1.165) is 11.3 Å². The van der Waals surface area contributed by atoms with Gasteiger partial charge in [-0.3, -0.25) is 4.72 Å². The molecule has 0 aromatic rings. The number of rotatable bonds is 0. The van der Waals surface area contributed by atoms with Crippen LogP contribution in [0.25, 0.3) is 0 Å². The topological polar surface area (TPSA) is 46.2 Å². The Bertz CT molecular complexity index is 346. The molecule has 1 aliphatic heterocycles. The van der Waals surface area contributed by atoms with E-state index in [2.05, 4.69) is 4.72 Å². The van der Waals surface area contributed by atoms with Crippen LogP contribution in [0.1, 0.15) is 34.6 Å². The summed E-state index contributed by atoms with van der Waals surface area (Å²) in [7, 11) is -3.13. The number of nitrogens with one attached hydrogen (secondary N) is 1. The van der Waals surface area contributed by atoms with Crippen LogP contribution in [0.4, 0.5) is 0 Å². The molecule has 4 heteroatoms. The summed E-state index contributed by atoms with van der Waals surface area (Å²) in [5.74, 6) is 0. The Morgan fingerprint density at radius 3 is 1.92 bits per heavy atom. The number of hydrogen-bond acceptors (Lipinski definition) is 2. The van der Waals surface area contributed by atoms with Gasteiger partial charge in [0.1, 0.15) is 5.25 Å². The fourth-order valence-corrected chi connectivity index (χ4v) is 3.00. The van der Waals surface area contributed by atoms with E-state index >= 15 is 0 Å². The first kappa shape index (κ1) is 10.6. The Balaban J connectivity index is 3.18. The molecular weight excluding hydrogens is 186 g/mol. The zero-order chi connectivity index (χ0) is 10.4. The van der Waals surface area contributed by atoms with Gasteiger partial charge in [0, 0.05) is 11.1 Å². The highest BCUT2D eigenvalue weighted by molar-refractivity contribution is 7.90. The van der Waals surface area contributed by atoms with Crippen LogP contribution in [0, 0.1) is 5.41 Å². The molecule has 1 atom stereocenters. The molecule has 0 amide bonds. The summed E-state index contributed by atoms with van der Waals surface area (Å²) < 4.78 is 25.6. The first-order valence-electron chi connectivity index (χ1n) is 4.39. The standard InChI is InChI=1S/C9H17NO2S/c1-6-7(2)13(11,12)10-8(6)9(3,4)5/h7,10H,1-5H3. The van der Waals surface area contributed by atoms with Crippen molar-refractivity contribution in [1.82, 2.24) is 4.72 Å². The van der Waals surface area contributed by atoms with E-state index in [9.17, 15) is 8.42 Å². The highest BCUT2D eigenvalue weighted by atomic mass is 32.2. The highest BCUT2D eigenvalue weighted by Crippen LogP contribution is 2.33. The van der Waals surface area contributed by atoms with Crippen LogP contribution < -0.4 is 4.72 Å². The van der Waals surface area contributed by atoms with Crippen LogP contribution in [0.2, 0.25) is 0 Å². The Morgan fingerprint density at radius 2 is 1.77 bits per heavy atom. The van der Waals surface area contributed by atoms with E-state index in [1.54, 1.807) is 6.92 Å². The zero-order valence-corrected chi connectivity index (χ0v) is 9.62. The van der Waals surface area contributed by atoms with Crippen molar-refractivity contribution in [2.45, 2.75) is 39.9 Å². The maximum Gasteiger partial charge on any atom is 0.239 e. The first-order chi connectivity index (χ1) is 5.66. The molecule has 3 nitrogen and oxygen atoms in total. The summed E-state index contributed by atoms with van der Waals surface area (Å²) in [6.45, 7) is 9.62. The van der Waals surface area contributed by atoms with Crippen LogP contribution in [0.5, 0.6) is 0 Å². The van der Waals surface area contributed by atoms with Gasteiger partial charge in [-0.05, 0) is 19.4 Å². The first-order valence-corrected chi connectivity index (χ1v) is 5.94. The van der Waals surface area contributed by atoms with Crippen molar-refractivity contribution in [3.05, 3.63) is 11.3 Å². The van der Waals surface area contributed by atoms with Gasteiger partial charge in [-0.25, -0.2) is 8.42 Å². The quantitative estimate of drug-likeness (QED) is 0.650. The lowest BCUT2D eigenvalue weighted by molar-refractivity contribution is 0.480. The molecule has 76 valence electrons. The third-order valence-corrected chi connectivity index (χ3v) is 4.24. The van der Waals surface area contributed by atoms with Gasteiger partial charge >= 0.3 is 0 Å². The molecule has 1 rings (SSSR count). The molecule has 1 aliphatic rings. The lowest BCUT2D eigenvalue weighted by Gasteiger charge is -2.20. The largest absolute Gasteiger partial charge is 0.286 e. The van der Waals surface area contributed by atoms with Gasteiger partial charge in [0.2, 0.25) is 10.0 Å². The molecule has 0 fully saturated rings. The van der Waals surface area contributed by atoms with Gasteiger partial charge in [0.05, 0.1) is 0 Å². The predicted molar refractivity (Wildman–Crippen MR) is 53.7 cm³/mol. The summed E-state index contributed by atoms with van der Waals surface area (Å²) in [6.07, 6.45) is 0. The summed E-state index contributed by atoms with van der Waals surface area (Å²) >= 11 is 0. The number of sulfonamides is 1. The second kappa shape index (κ2) is 2.74. The van der Waals surface area contributed by atoms with Crippen LogP contribution in [-0.2, 0) is 10.0 Å². The number of allylic oxidation sites excluding steroid dienone is 1. The van der Waals surface area contributed by atoms with Crippen molar-refractivity contribution in [2.75, 3.05) is 0 Å². The van der Waals surface area contributed by atoms with E-state index in [-0.39, 0.29) is 10.7 Å². The molecule has 0 aromatic carbocycles. The minimum atomic E-state index is -3.13. The average Bonchev–Trinajstić information content (AvgIpc) is 2.12. The van der Waals surface area contributed by atoms with Crippen molar-refractivity contribution < 1.29 is 8.42 Å². The van der Waals surface area contributed by atoms with Gasteiger partial charge < -0.3 is 0 Å². The van der Waals surface area contributed by atoms with Gasteiger partial charge in [-0.15, -0.1) is 0 Å². The monoisotopic (exact) mass is 203 g/mol. The highest BCUT2D eigenvalue weighted by Gasteiger charge is 2.36. The SMILES string of the molecule is CC1=C(C(C)(C)C)NS(=O)(=O)C1C. The van der Waals surface area contributed by atoms with Crippen LogP contribution >= 0.6 is 0 Å². The second-order valence-electron chi connectivity index (χ2n) is 4.60. The van der Waals surface area contributed by atoms with E-state index in [0.29, 0.717) is 0 Å². The van der Waals surface area contributed by atoms with E-state index in [1.165, 1.54) is 0 Å². The molecule has 1 unspecified atom stereocenters. The Morgan fingerprint density at radius 1 is 1.31 bits per heavy atom. The molecule has 0 spiro atoms. The maximum absolute atomic E-state index is 11.5. The Kier molecular flexibility index (Phi) is 2.23. The molecule has 0 saturated heterocycles. The molecule has 1 N–H and O–H groups in total. The van der Waals surface area contributed by atoms with Crippen molar-refractivity contribution in [2.24, 2.45) is 5.41 Å². The van der Waals surface area contributed by atoms with Crippen molar-refractivity contribution >= 4 is 10.0 Å². The minimum Gasteiger partial charge on any atom is -0.286 e. The second-order valence-corrected chi connectivity index (χ2v) is 6.60. The maximum atomic E-state index is 11.5. The zero-order valence-electron chi connectivity index (χ0n) is 8.80. The lowest BCUT2D eigenvalue weighted by atomic mass is 9.89. The molecule has 0 bridgehead atoms. The molecule has 0 aromatic heterocycles. The summed E-state index contributed by atoms with van der Waals surface area (Å²) in [6, 6.07) is 0. The smallest absolute Gasteiger partial charge is 0.239 e.